The number of aromatic amines is 1. The minimum Gasteiger partial charge on any atom is -0.373 e. The summed E-state index contributed by atoms with van der Waals surface area (Å²) < 4.78 is 19.0. The first-order valence-electron chi connectivity index (χ1n) is 9.24. The zero-order valence-corrected chi connectivity index (χ0v) is 16.3. The van der Waals surface area contributed by atoms with E-state index in [1.807, 2.05) is 0 Å². The van der Waals surface area contributed by atoms with Crippen LogP contribution < -0.4 is 5.32 Å². The van der Waals surface area contributed by atoms with Crippen LogP contribution in [0.2, 0.25) is 0 Å². The average Bonchev–Trinajstić information content (AvgIpc) is 3.09. The van der Waals surface area contributed by atoms with Gasteiger partial charge in [-0.05, 0) is 52.0 Å². The molecule has 2 heterocycles. The van der Waals surface area contributed by atoms with Crippen molar-refractivity contribution in [3.8, 4) is 11.3 Å². The fraction of sp³-hybridized carbons (Fsp3) is 0.500. The number of H-pyrrole nitrogens is 1. The molecule has 1 aliphatic rings. The zero-order chi connectivity index (χ0) is 19.6. The number of rotatable bonds is 5. The summed E-state index contributed by atoms with van der Waals surface area (Å²) in [7, 11) is 0. The molecule has 1 aromatic carbocycles. The third-order valence-electron chi connectivity index (χ3n) is 4.97. The monoisotopic (exact) mass is 374 g/mol. The van der Waals surface area contributed by atoms with E-state index in [0.29, 0.717) is 23.4 Å². The average molecular weight is 374 g/mol. The van der Waals surface area contributed by atoms with Gasteiger partial charge in [0.25, 0.3) is 5.91 Å². The van der Waals surface area contributed by atoms with Crippen LogP contribution in [0.5, 0.6) is 0 Å². The maximum atomic E-state index is 13.2. The molecule has 2 unspecified atom stereocenters. The van der Waals surface area contributed by atoms with Gasteiger partial charge in [-0.1, -0.05) is 0 Å². The van der Waals surface area contributed by atoms with E-state index in [1.165, 1.54) is 18.3 Å². The SMILES string of the molecule is CC1CN(C(C)(C)CNC(=O)c2cn[nH]c2-c2ccc(F)cc2)CC(C)O1. The van der Waals surface area contributed by atoms with Crippen molar-refractivity contribution in [2.75, 3.05) is 19.6 Å². The predicted molar refractivity (Wildman–Crippen MR) is 102 cm³/mol. The van der Waals surface area contributed by atoms with Crippen molar-refractivity contribution in [3.63, 3.8) is 0 Å². The number of hydrogen-bond acceptors (Lipinski definition) is 4. The molecular formula is C20H27FN4O2. The Balaban J connectivity index is 1.68. The Morgan fingerprint density at radius 2 is 1.93 bits per heavy atom. The molecule has 2 N–H and O–H groups in total. The molecule has 0 spiro atoms. The van der Waals surface area contributed by atoms with Crippen molar-refractivity contribution in [3.05, 3.63) is 41.8 Å². The van der Waals surface area contributed by atoms with Crippen molar-refractivity contribution in [2.24, 2.45) is 0 Å². The zero-order valence-electron chi connectivity index (χ0n) is 16.3. The van der Waals surface area contributed by atoms with Gasteiger partial charge in [0.1, 0.15) is 5.82 Å². The quantitative estimate of drug-likeness (QED) is 0.844. The molecule has 3 rings (SSSR count). The summed E-state index contributed by atoms with van der Waals surface area (Å²) in [6.07, 6.45) is 1.84. The Morgan fingerprint density at radius 3 is 2.56 bits per heavy atom. The van der Waals surface area contributed by atoms with Gasteiger partial charge < -0.3 is 10.1 Å². The minimum absolute atomic E-state index is 0.169. The lowest BCUT2D eigenvalue weighted by molar-refractivity contribution is -0.0948. The number of benzene rings is 1. The van der Waals surface area contributed by atoms with Crippen LogP contribution in [0.4, 0.5) is 4.39 Å². The predicted octanol–water partition coefficient (Wildman–Crippen LogP) is 2.83. The first-order valence-corrected chi connectivity index (χ1v) is 9.24. The van der Waals surface area contributed by atoms with E-state index in [9.17, 15) is 9.18 Å². The fourth-order valence-corrected chi connectivity index (χ4v) is 3.47. The minimum atomic E-state index is -0.319. The van der Waals surface area contributed by atoms with Crippen molar-refractivity contribution in [1.29, 1.82) is 0 Å². The van der Waals surface area contributed by atoms with Gasteiger partial charge in [-0.15, -0.1) is 0 Å². The number of carbonyl (C=O) groups is 1. The molecule has 7 heteroatoms. The maximum Gasteiger partial charge on any atom is 0.255 e. The van der Waals surface area contributed by atoms with Gasteiger partial charge in [0, 0.05) is 30.7 Å². The van der Waals surface area contributed by atoms with Crippen LogP contribution in [0.25, 0.3) is 11.3 Å². The third-order valence-corrected chi connectivity index (χ3v) is 4.97. The first-order chi connectivity index (χ1) is 12.8. The lowest BCUT2D eigenvalue weighted by atomic mass is 9.99. The molecule has 0 bridgehead atoms. The second-order valence-electron chi connectivity index (χ2n) is 7.82. The van der Waals surface area contributed by atoms with Crippen LogP contribution in [-0.2, 0) is 4.74 Å². The number of ether oxygens (including phenoxy) is 1. The van der Waals surface area contributed by atoms with E-state index in [0.717, 1.165) is 13.1 Å². The van der Waals surface area contributed by atoms with E-state index in [-0.39, 0.29) is 29.5 Å². The molecule has 0 aliphatic carbocycles. The van der Waals surface area contributed by atoms with Gasteiger partial charge in [0.2, 0.25) is 0 Å². The van der Waals surface area contributed by atoms with Crippen molar-refractivity contribution < 1.29 is 13.9 Å². The van der Waals surface area contributed by atoms with E-state index >= 15 is 0 Å². The largest absolute Gasteiger partial charge is 0.373 e. The normalized spacial score (nSPS) is 21.2. The molecule has 1 aromatic heterocycles. The van der Waals surface area contributed by atoms with Gasteiger partial charge in [-0.25, -0.2) is 4.39 Å². The van der Waals surface area contributed by atoms with Crippen LogP contribution in [0, 0.1) is 5.82 Å². The molecule has 6 nitrogen and oxygen atoms in total. The number of amides is 1. The highest BCUT2D eigenvalue weighted by molar-refractivity contribution is 5.99. The van der Waals surface area contributed by atoms with E-state index in [4.69, 9.17) is 4.74 Å². The standard InChI is InChI=1S/C20H27FN4O2/c1-13-10-25(11-14(2)27-13)20(3,4)12-22-19(26)17-9-23-24-18(17)15-5-7-16(21)8-6-15/h5-9,13-14H,10-12H2,1-4H3,(H,22,26)(H,23,24). The first kappa shape index (κ1) is 19.5. The molecule has 1 fully saturated rings. The Hall–Kier alpha value is -2.25. The molecule has 2 atom stereocenters. The summed E-state index contributed by atoms with van der Waals surface area (Å²) >= 11 is 0. The summed E-state index contributed by atoms with van der Waals surface area (Å²) in [5.74, 6) is -0.523. The van der Waals surface area contributed by atoms with E-state index < -0.39 is 0 Å². The second-order valence-corrected chi connectivity index (χ2v) is 7.82. The van der Waals surface area contributed by atoms with Gasteiger partial charge in [0.05, 0.1) is 29.7 Å². The van der Waals surface area contributed by atoms with Crippen LogP contribution >= 0.6 is 0 Å². The van der Waals surface area contributed by atoms with Gasteiger partial charge >= 0.3 is 0 Å². The summed E-state index contributed by atoms with van der Waals surface area (Å²) in [5, 5.41) is 9.84. The lowest BCUT2D eigenvalue weighted by Gasteiger charge is -2.45. The molecule has 1 aliphatic heterocycles. The highest BCUT2D eigenvalue weighted by atomic mass is 19.1. The van der Waals surface area contributed by atoms with Crippen molar-refractivity contribution in [1.82, 2.24) is 20.4 Å². The molecule has 2 aromatic rings. The molecule has 1 saturated heterocycles. The Kier molecular flexibility index (Phi) is 5.62. The fourth-order valence-electron chi connectivity index (χ4n) is 3.47. The number of nitrogens with zero attached hydrogens (tertiary/aromatic N) is 2. The van der Waals surface area contributed by atoms with E-state index in [2.05, 4.69) is 48.1 Å². The topological polar surface area (TPSA) is 70.2 Å². The van der Waals surface area contributed by atoms with Gasteiger partial charge in [0.15, 0.2) is 0 Å². The lowest BCUT2D eigenvalue weighted by Crippen LogP contribution is -2.58. The van der Waals surface area contributed by atoms with Crippen molar-refractivity contribution in [2.45, 2.75) is 45.4 Å². The number of morpholine rings is 1. The van der Waals surface area contributed by atoms with Crippen LogP contribution in [0.3, 0.4) is 0 Å². The maximum absolute atomic E-state index is 13.2. The smallest absolute Gasteiger partial charge is 0.255 e. The number of halogens is 1. The molecule has 146 valence electrons. The van der Waals surface area contributed by atoms with Crippen LogP contribution in [0.1, 0.15) is 38.1 Å². The highest BCUT2D eigenvalue weighted by Crippen LogP contribution is 2.23. The number of carbonyl (C=O) groups excluding carboxylic acids is 1. The Morgan fingerprint density at radius 1 is 1.30 bits per heavy atom. The Bertz CT molecular complexity index is 778. The van der Waals surface area contributed by atoms with Crippen LogP contribution in [0.15, 0.2) is 30.5 Å². The number of hydrogen-bond donors (Lipinski definition) is 2. The summed E-state index contributed by atoms with van der Waals surface area (Å²) in [5.41, 5.74) is 1.54. The second kappa shape index (κ2) is 7.78. The molecule has 27 heavy (non-hydrogen) atoms. The number of aromatic nitrogens is 2. The molecule has 0 radical (unpaired) electrons. The van der Waals surface area contributed by atoms with Crippen molar-refractivity contribution >= 4 is 5.91 Å². The molecular weight excluding hydrogens is 347 g/mol. The van der Waals surface area contributed by atoms with Gasteiger partial charge in [-0.3, -0.25) is 14.8 Å². The summed E-state index contributed by atoms with van der Waals surface area (Å²) in [4.78, 5) is 15.1. The highest BCUT2D eigenvalue weighted by Gasteiger charge is 2.33. The molecule has 1 amide bonds. The summed E-state index contributed by atoms with van der Waals surface area (Å²) in [6, 6.07) is 5.98. The Labute approximate surface area is 159 Å². The molecule has 0 saturated carbocycles. The van der Waals surface area contributed by atoms with E-state index in [1.54, 1.807) is 12.1 Å². The van der Waals surface area contributed by atoms with Crippen LogP contribution in [-0.4, -0.2) is 58.4 Å². The van der Waals surface area contributed by atoms with Gasteiger partial charge in [-0.2, -0.15) is 5.10 Å². The number of nitrogens with one attached hydrogen (secondary N) is 2. The third kappa shape index (κ3) is 4.54. The summed E-state index contributed by atoms with van der Waals surface area (Å²) in [6.45, 7) is 10.5.